The Balaban J connectivity index is 1.91. The van der Waals surface area contributed by atoms with Crippen molar-refractivity contribution in [2.45, 2.75) is 52.4 Å². The van der Waals surface area contributed by atoms with E-state index in [1.807, 2.05) is 6.92 Å². The van der Waals surface area contributed by atoms with Crippen molar-refractivity contribution in [1.82, 2.24) is 0 Å². The average Bonchev–Trinajstić information content (AvgIpc) is 3.04. The monoisotopic (exact) mass is 366 g/mol. The molecule has 27 heavy (non-hydrogen) atoms. The number of carbonyl (C=O) groups is 1. The largest absolute Gasteiger partial charge is 0.465 e. The van der Waals surface area contributed by atoms with E-state index < -0.39 is 0 Å². The van der Waals surface area contributed by atoms with Crippen LogP contribution in [-0.4, -0.2) is 25.8 Å². The van der Waals surface area contributed by atoms with E-state index in [2.05, 4.69) is 50.2 Å². The highest BCUT2D eigenvalue weighted by Gasteiger charge is 2.30. The Morgan fingerprint density at radius 1 is 1.07 bits per heavy atom. The molecule has 0 saturated heterocycles. The Labute approximate surface area is 162 Å². The van der Waals surface area contributed by atoms with Crippen LogP contribution < -0.4 is 0 Å². The number of hydrogen-bond donors (Lipinski definition) is 0. The summed E-state index contributed by atoms with van der Waals surface area (Å²) in [7, 11) is 0. The zero-order chi connectivity index (χ0) is 19.2. The Hall–Kier alpha value is -2.13. The van der Waals surface area contributed by atoms with Gasteiger partial charge in [0.25, 0.3) is 0 Å². The van der Waals surface area contributed by atoms with E-state index in [1.165, 1.54) is 22.3 Å². The lowest BCUT2D eigenvalue weighted by molar-refractivity contribution is -0.146. The van der Waals surface area contributed by atoms with Crippen LogP contribution >= 0.6 is 0 Å². The first kappa shape index (κ1) is 19.6. The minimum absolute atomic E-state index is 0.180. The van der Waals surface area contributed by atoms with Gasteiger partial charge in [0.2, 0.25) is 0 Å². The Morgan fingerprint density at radius 2 is 1.89 bits per heavy atom. The maximum absolute atomic E-state index is 12.8. The zero-order valence-electron chi connectivity index (χ0n) is 16.7. The van der Waals surface area contributed by atoms with Gasteiger partial charge in [-0.15, -0.1) is 0 Å². The van der Waals surface area contributed by atoms with Crippen molar-refractivity contribution in [2.24, 2.45) is 0 Å². The highest BCUT2D eigenvalue weighted by molar-refractivity contribution is 5.84. The third-order valence-electron chi connectivity index (χ3n) is 5.35. The third kappa shape index (κ3) is 4.24. The second kappa shape index (κ2) is 9.18. The summed E-state index contributed by atoms with van der Waals surface area (Å²) >= 11 is 0. The number of unbranched alkanes of at least 4 members (excludes halogenated alkanes) is 2. The smallest absolute Gasteiger partial charge is 0.315 e. The van der Waals surface area contributed by atoms with Gasteiger partial charge >= 0.3 is 5.97 Å². The van der Waals surface area contributed by atoms with Crippen LogP contribution in [0.25, 0.3) is 11.1 Å². The predicted molar refractivity (Wildman–Crippen MR) is 109 cm³/mol. The predicted octanol–water partition coefficient (Wildman–Crippen LogP) is 5.42. The summed E-state index contributed by atoms with van der Waals surface area (Å²) in [5.41, 5.74) is 7.33. The first-order valence-corrected chi connectivity index (χ1v) is 10.1. The van der Waals surface area contributed by atoms with Gasteiger partial charge in [0.1, 0.15) is 5.92 Å². The normalized spacial score (nSPS) is 13.1. The second-order valence-electron chi connectivity index (χ2n) is 7.24. The standard InChI is InChI=1S/C24H30O3/c1-4-6-9-14-26-16-22(24(25)27-5-2)23-17(3)12-13-20-19-11-8-7-10-18(19)15-21(20)23/h7-8,10-13,22H,4-6,9,14-16H2,1-3H3. The Kier molecular flexibility index (Phi) is 6.68. The summed E-state index contributed by atoms with van der Waals surface area (Å²) in [6.07, 6.45) is 4.21. The molecule has 0 spiro atoms. The molecule has 0 fully saturated rings. The van der Waals surface area contributed by atoms with Crippen LogP contribution in [0.3, 0.4) is 0 Å². The number of esters is 1. The van der Waals surface area contributed by atoms with Crippen LogP contribution in [0.4, 0.5) is 0 Å². The van der Waals surface area contributed by atoms with Crippen LogP contribution in [0.2, 0.25) is 0 Å². The number of benzene rings is 2. The molecule has 0 bridgehead atoms. The first-order chi connectivity index (χ1) is 13.2. The van der Waals surface area contributed by atoms with Crippen molar-refractivity contribution >= 4 is 5.97 Å². The molecular formula is C24H30O3. The van der Waals surface area contributed by atoms with Crippen molar-refractivity contribution in [3.05, 3.63) is 58.7 Å². The lowest BCUT2D eigenvalue weighted by Gasteiger charge is -2.21. The number of carbonyl (C=O) groups excluding carboxylic acids is 1. The van der Waals surface area contributed by atoms with E-state index in [0.717, 1.165) is 36.8 Å². The summed E-state index contributed by atoms with van der Waals surface area (Å²) < 4.78 is 11.3. The van der Waals surface area contributed by atoms with E-state index in [4.69, 9.17) is 9.47 Å². The number of ether oxygens (including phenoxy) is 2. The average molecular weight is 367 g/mol. The minimum atomic E-state index is -0.365. The van der Waals surface area contributed by atoms with Gasteiger partial charge in [-0.05, 0) is 60.1 Å². The quantitative estimate of drug-likeness (QED) is 0.375. The van der Waals surface area contributed by atoms with Crippen molar-refractivity contribution in [2.75, 3.05) is 19.8 Å². The minimum Gasteiger partial charge on any atom is -0.465 e. The van der Waals surface area contributed by atoms with E-state index in [-0.39, 0.29) is 11.9 Å². The van der Waals surface area contributed by atoms with Gasteiger partial charge in [0.05, 0.1) is 13.2 Å². The second-order valence-corrected chi connectivity index (χ2v) is 7.24. The SMILES string of the molecule is CCCCCOCC(C(=O)OCC)c1c(C)ccc2c1Cc1ccccc1-2. The summed E-state index contributed by atoms with van der Waals surface area (Å²) in [5.74, 6) is -0.545. The molecule has 0 heterocycles. The van der Waals surface area contributed by atoms with Crippen molar-refractivity contribution in [3.63, 3.8) is 0 Å². The van der Waals surface area contributed by atoms with Crippen LogP contribution in [-0.2, 0) is 20.7 Å². The zero-order valence-corrected chi connectivity index (χ0v) is 16.7. The Bertz CT molecular complexity index is 794. The lowest BCUT2D eigenvalue weighted by atomic mass is 9.88. The number of aryl methyl sites for hydroxylation is 1. The molecule has 0 aromatic heterocycles. The van der Waals surface area contributed by atoms with Gasteiger partial charge < -0.3 is 9.47 Å². The maximum Gasteiger partial charge on any atom is 0.315 e. The molecule has 144 valence electrons. The van der Waals surface area contributed by atoms with E-state index >= 15 is 0 Å². The molecule has 2 aromatic rings. The maximum atomic E-state index is 12.8. The van der Waals surface area contributed by atoms with E-state index in [9.17, 15) is 4.79 Å². The number of rotatable bonds is 9. The molecule has 1 unspecified atom stereocenters. The fourth-order valence-corrected chi connectivity index (χ4v) is 4.00. The van der Waals surface area contributed by atoms with E-state index in [0.29, 0.717) is 19.8 Å². The summed E-state index contributed by atoms with van der Waals surface area (Å²) in [4.78, 5) is 12.8. The molecule has 0 aliphatic heterocycles. The highest BCUT2D eigenvalue weighted by Crippen LogP contribution is 2.41. The van der Waals surface area contributed by atoms with Crippen LogP contribution in [0, 0.1) is 6.92 Å². The molecule has 0 amide bonds. The van der Waals surface area contributed by atoms with Gasteiger partial charge in [0.15, 0.2) is 0 Å². The highest BCUT2D eigenvalue weighted by atomic mass is 16.5. The molecule has 1 aliphatic carbocycles. The first-order valence-electron chi connectivity index (χ1n) is 10.1. The number of fused-ring (bicyclic) bond motifs is 3. The molecule has 0 N–H and O–H groups in total. The van der Waals surface area contributed by atoms with Gasteiger partial charge in [-0.1, -0.05) is 56.2 Å². The molecule has 3 nitrogen and oxygen atoms in total. The van der Waals surface area contributed by atoms with Crippen LogP contribution in [0.5, 0.6) is 0 Å². The third-order valence-corrected chi connectivity index (χ3v) is 5.35. The van der Waals surface area contributed by atoms with E-state index in [1.54, 1.807) is 0 Å². The van der Waals surface area contributed by atoms with Gasteiger partial charge in [-0.25, -0.2) is 0 Å². The lowest BCUT2D eigenvalue weighted by Crippen LogP contribution is -2.23. The Morgan fingerprint density at radius 3 is 2.67 bits per heavy atom. The van der Waals surface area contributed by atoms with Gasteiger partial charge in [-0.2, -0.15) is 0 Å². The summed E-state index contributed by atoms with van der Waals surface area (Å²) in [6, 6.07) is 12.8. The van der Waals surface area contributed by atoms with Crippen LogP contribution in [0.15, 0.2) is 36.4 Å². The summed E-state index contributed by atoms with van der Waals surface area (Å²) in [6.45, 7) is 7.58. The molecule has 2 aromatic carbocycles. The van der Waals surface area contributed by atoms with Crippen molar-refractivity contribution in [1.29, 1.82) is 0 Å². The molecule has 1 aliphatic rings. The topological polar surface area (TPSA) is 35.5 Å². The van der Waals surface area contributed by atoms with Crippen LogP contribution in [0.1, 0.15) is 61.3 Å². The summed E-state index contributed by atoms with van der Waals surface area (Å²) in [5, 5.41) is 0. The molecule has 0 radical (unpaired) electrons. The fraction of sp³-hybridized carbons (Fsp3) is 0.458. The molecule has 3 heteroatoms. The van der Waals surface area contributed by atoms with Crippen molar-refractivity contribution < 1.29 is 14.3 Å². The van der Waals surface area contributed by atoms with Gasteiger partial charge in [0, 0.05) is 6.61 Å². The molecule has 1 atom stereocenters. The molecular weight excluding hydrogens is 336 g/mol. The molecule has 0 saturated carbocycles. The van der Waals surface area contributed by atoms with Crippen molar-refractivity contribution in [3.8, 4) is 11.1 Å². The molecule has 3 rings (SSSR count). The fourth-order valence-electron chi connectivity index (χ4n) is 4.00. The van der Waals surface area contributed by atoms with Gasteiger partial charge in [-0.3, -0.25) is 4.79 Å². The number of hydrogen-bond acceptors (Lipinski definition) is 3.